The molecule has 4 aromatic rings. The molecule has 1 aliphatic carbocycles. The number of methoxy groups -OCH3 is 1. The molecular formula is C25H27N5OS. The minimum atomic E-state index is 0.606. The van der Waals surface area contributed by atoms with Crippen LogP contribution < -0.4 is 4.74 Å². The molecule has 0 spiro atoms. The number of aryl methyl sites for hydroxylation is 1. The summed E-state index contributed by atoms with van der Waals surface area (Å²) in [6, 6.07) is 8.24. The highest BCUT2D eigenvalue weighted by atomic mass is 32.2. The van der Waals surface area contributed by atoms with Crippen molar-refractivity contribution in [2.24, 2.45) is 7.05 Å². The number of nitrogens with zero attached hydrogens (tertiary/aromatic N) is 5. The minimum Gasteiger partial charge on any atom is -0.496 e. The lowest BCUT2D eigenvalue weighted by Crippen LogP contribution is -2.08. The van der Waals surface area contributed by atoms with Crippen LogP contribution in [0, 0.1) is 0 Å². The van der Waals surface area contributed by atoms with Gasteiger partial charge >= 0.3 is 0 Å². The van der Waals surface area contributed by atoms with E-state index in [4.69, 9.17) is 9.72 Å². The third-order valence-corrected chi connectivity index (χ3v) is 7.35. The summed E-state index contributed by atoms with van der Waals surface area (Å²) >= 11 is 1.88. The Balaban J connectivity index is 1.43. The third kappa shape index (κ3) is 4.48. The summed E-state index contributed by atoms with van der Waals surface area (Å²) < 4.78 is 7.50. The Morgan fingerprint density at radius 2 is 1.94 bits per heavy atom. The van der Waals surface area contributed by atoms with E-state index in [0.29, 0.717) is 11.7 Å². The molecule has 3 heterocycles. The van der Waals surface area contributed by atoms with Crippen molar-refractivity contribution in [3.8, 4) is 16.9 Å². The summed E-state index contributed by atoms with van der Waals surface area (Å²) in [5, 5.41) is 6.97. The van der Waals surface area contributed by atoms with Gasteiger partial charge in [-0.1, -0.05) is 31.4 Å². The predicted octanol–water partition coefficient (Wildman–Crippen LogP) is 5.45. The van der Waals surface area contributed by atoms with Crippen molar-refractivity contribution >= 4 is 22.7 Å². The molecule has 0 unspecified atom stereocenters. The van der Waals surface area contributed by atoms with Crippen LogP contribution in [0.3, 0.4) is 0 Å². The van der Waals surface area contributed by atoms with E-state index in [1.165, 1.54) is 32.1 Å². The normalized spacial score (nSPS) is 14.7. The van der Waals surface area contributed by atoms with Crippen molar-refractivity contribution in [2.75, 3.05) is 7.11 Å². The van der Waals surface area contributed by atoms with Crippen LogP contribution in [0.15, 0.2) is 54.1 Å². The Hall–Kier alpha value is -2.93. The smallest absolute Gasteiger partial charge is 0.133 e. The lowest BCUT2D eigenvalue weighted by Gasteiger charge is -2.20. The highest BCUT2D eigenvalue weighted by molar-refractivity contribution is 8.00. The molecule has 6 nitrogen and oxygen atoms in total. The molecule has 0 N–H and O–H groups in total. The highest BCUT2D eigenvalue weighted by Gasteiger charge is 2.18. The van der Waals surface area contributed by atoms with Gasteiger partial charge < -0.3 is 4.74 Å². The number of hydrogen-bond acceptors (Lipinski definition) is 6. The van der Waals surface area contributed by atoms with E-state index in [1.807, 2.05) is 49.7 Å². The zero-order valence-electron chi connectivity index (χ0n) is 18.5. The summed E-state index contributed by atoms with van der Waals surface area (Å²) in [7, 11) is 3.62. The maximum absolute atomic E-state index is 5.70. The summed E-state index contributed by atoms with van der Waals surface area (Å²) in [6.45, 7) is 0. The topological polar surface area (TPSA) is 65.7 Å². The van der Waals surface area contributed by atoms with Crippen LogP contribution in [-0.4, -0.2) is 37.1 Å². The molecule has 1 fully saturated rings. The first-order valence-electron chi connectivity index (χ1n) is 11.1. The SMILES string of the molecule is COc1cc(-c2cnn(C)c2)ccc1Cc1ncc2ccnc(SC3CCCCC3)c2n1. The average molecular weight is 446 g/mol. The first kappa shape index (κ1) is 20.9. The van der Waals surface area contributed by atoms with Gasteiger partial charge in [-0.2, -0.15) is 5.10 Å². The summed E-state index contributed by atoms with van der Waals surface area (Å²) in [5.74, 6) is 1.61. The molecule has 0 aliphatic heterocycles. The van der Waals surface area contributed by atoms with Crippen molar-refractivity contribution in [3.63, 3.8) is 0 Å². The molecule has 3 aromatic heterocycles. The van der Waals surface area contributed by atoms with Gasteiger partial charge in [0.15, 0.2) is 0 Å². The van der Waals surface area contributed by atoms with E-state index in [1.54, 1.807) is 11.8 Å². The molecule has 0 atom stereocenters. The number of thioether (sulfide) groups is 1. The van der Waals surface area contributed by atoms with Crippen molar-refractivity contribution < 1.29 is 4.74 Å². The van der Waals surface area contributed by atoms with E-state index in [-0.39, 0.29) is 0 Å². The lowest BCUT2D eigenvalue weighted by atomic mass is 10.0. The third-order valence-electron chi connectivity index (χ3n) is 6.02. The monoisotopic (exact) mass is 445 g/mol. The molecule has 1 aliphatic rings. The van der Waals surface area contributed by atoms with E-state index in [2.05, 4.69) is 33.3 Å². The van der Waals surface area contributed by atoms with Gasteiger partial charge in [0.2, 0.25) is 0 Å². The fraction of sp³-hybridized carbons (Fsp3) is 0.360. The number of ether oxygens (including phenoxy) is 1. The Labute approximate surface area is 192 Å². The van der Waals surface area contributed by atoms with E-state index in [0.717, 1.165) is 44.2 Å². The quantitative estimate of drug-likeness (QED) is 0.393. The first-order valence-corrected chi connectivity index (χ1v) is 12.0. The van der Waals surface area contributed by atoms with Crippen molar-refractivity contribution in [1.29, 1.82) is 0 Å². The lowest BCUT2D eigenvalue weighted by molar-refractivity contribution is 0.410. The zero-order valence-corrected chi connectivity index (χ0v) is 19.3. The van der Waals surface area contributed by atoms with Crippen molar-refractivity contribution in [1.82, 2.24) is 24.7 Å². The molecule has 164 valence electrons. The van der Waals surface area contributed by atoms with Crippen LogP contribution in [0.4, 0.5) is 0 Å². The molecule has 5 rings (SSSR count). The summed E-state index contributed by atoms with van der Waals surface area (Å²) in [6.07, 6.45) is 14.8. The standard InChI is InChI=1S/C25H27N5OS/c1-30-16-20(15-28-30)17-8-9-18(22(12-17)31-2)13-23-27-14-19-10-11-26-25(24(19)29-23)32-21-6-4-3-5-7-21/h8-12,14-16,21H,3-7,13H2,1-2H3. The molecule has 1 aromatic carbocycles. The van der Waals surface area contributed by atoms with Gasteiger partial charge in [-0.05, 0) is 30.5 Å². The highest BCUT2D eigenvalue weighted by Crippen LogP contribution is 2.35. The average Bonchev–Trinajstić information content (AvgIpc) is 3.26. The van der Waals surface area contributed by atoms with Gasteiger partial charge in [0.1, 0.15) is 22.1 Å². The van der Waals surface area contributed by atoms with E-state index >= 15 is 0 Å². The molecule has 32 heavy (non-hydrogen) atoms. The second-order valence-electron chi connectivity index (χ2n) is 8.32. The van der Waals surface area contributed by atoms with Crippen LogP contribution in [0.2, 0.25) is 0 Å². The molecule has 0 saturated heterocycles. The molecule has 7 heteroatoms. The van der Waals surface area contributed by atoms with E-state index < -0.39 is 0 Å². The maximum Gasteiger partial charge on any atom is 0.133 e. The van der Waals surface area contributed by atoms with Crippen LogP contribution in [0.5, 0.6) is 5.75 Å². The molecule has 0 bridgehead atoms. The van der Waals surface area contributed by atoms with Gasteiger partial charge in [0, 0.05) is 53.8 Å². The Bertz CT molecular complexity index is 1230. The summed E-state index contributed by atoms with van der Waals surface area (Å²) in [5.41, 5.74) is 4.16. The predicted molar refractivity (Wildman–Crippen MR) is 128 cm³/mol. The number of fused-ring (bicyclic) bond motifs is 1. The number of rotatable bonds is 6. The van der Waals surface area contributed by atoms with Crippen LogP contribution in [0.25, 0.3) is 22.0 Å². The first-order chi connectivity index (χ1) is 15.7. The molecule has 0 radical (unpaired) electrons. The van der Waals surface area contributed by atoms with Gasteiger partial charge in [-0.15, -0.1) is 11.8 Å². The number of hydrogen-bond donors (Lipinski definition) is 0. The largest absolute Gasteiger partial charge is 0.496 e. The van der Waals surface area contributed by atoms with Gasteiger partial charge in [-0.25, -0.2) is 15.0 Å². The van der Waals surface area contributed by atoms with Crippen LogP contribution >= 0.6 is 11.8 Å². The maximum atomic E-state index is 5.70. The fourth-order valence-corrected chi connectivity index (χ4v) is 5.57. The van der Waals surface area contributed by atoms with Gasteiger partial charge in [-0.3, -0.25) is 4.68 Å². The Morgan fingerprint density at radius 1 is 1.06 bits per heavy atom. The second kappa shape index (κ2) is 9.28. The molecule has 1 saturated carbocycles. The fourth-order valence-electron chi connectivity index (χ4n) is 4.29. The molecular weight excluding hydrogens is 418 g/mol. The molecule has 0 amide bonds. The van der Waals surface area contributed by atoms with Gasteiger partial charge in [0.25, 0.3) is 0 Å². The van der Waals surface area contributed by atoms with Crippen LogP contribution in [-0.2, 0) is 13.5 Å². The van der Waals surface area contributed by atoms with Crippen molar-refractivity contribution in [3.05, 3.63) is 60.4 Å². The van der Waals surface area contributed by atoms with E-state index in [9.17, 15) is 0 Å². The zero-order chi connectivity index (χ0) is 21.9. The van der Waals surface area contributed by atoms with Gasteiger partial charge in [0.05, 0.1) is 13.3 Å². The Kier molecular flexibility index (Phi) is 6.08. The summed E-state index contributed by atoms with van der Waals surface area (Å²) in [4.78, 5) is 14.2. The number of benzene rings is 1. The second-order valence-corrected chi connectivity index (χ2v) is 9.61. The Morgan fingerprint density at radius 3 is 2.72 bits per heavy atom. The number of aromatic nitrogens is 5. The minimum absolute atomic E-state index is 0.606. The van der Waals surface area contributed by atoms with Crippen molar-refractivity contribution in [2.45, 2.75) is 48.8 Å². The van der Waals surface area contributed by atoms with Crippen LogP contribution in [0.1, 0.15) is 43.5 Å². The number of pyridine rings is 1.